The zero-order valence-corrected chi connectivity index (χ0v) is 14.2. The van der Waals surface area contributed by atoms with Crippen molar-refractivity contribution in [2.75, 3.05) is 13.2 Å². The third kappa shape index (κ3) is 7.65. The second-order valence-corrected chi connectivity index (χ2v) is 6.10. The first-order chi connectivity index (χ1) is 9.78. The van der Waals surface area contributed by atoms with Gasteiger partial charge in [-0.05, 0) is 55.8 Å². The van der Waals surface area contributed by atoms with E-state index in [1.165, 1.54) is 0 Å². The zero-order valence-electron chi connectivity index (χ0n) is 12.6. The summed E-state index contributed by atoms with van der Waals surface area (Å²) in [6, 6.07) is 5.55. The van der Waals surface area contributed by atoms with Gasteiger partial charge in [0.05, 0.1) is 12.2 Å². The molecule has 1 heterocycles. The SMILES string of the molecule is C/C(=N\OCCNC(=O)OC(C)(C)C)c1cccc(Br)n1. The number of alkyl carbamates (subject to hydrolysis) is 1. The Morgan fingerprint density at radius 3 is 2.76 bits per heavy atom. The van der Waals surface area contributed by atoms with Crippen LogP contribution in [0, 0.1) is 0 Å². The van der Waals surface area contributed by atoms with Crippen LogP contribution in [-0.4, -0.2) is 35.5 Å². The lowest BCUT2D eigenvalue weighted by atomic mass is 10.2. The summed E-state index contributed by atoms with van der Waals surface area (Å²) in [5.41, 5.74) is 0.879. The van der Waals surface area contributed by atoms with Crippen molar-refractivity contribution in [1.82, 2.24) is 10.3 Å². The molecule has 0 aromatic carbocycles. The molecule has 0 atom stereocenters. The van der Waals surface area contributed by atoms with Gasteiger partial charge in [-0.25, -0.2) is 9.78 Å². The summed E-state index contributed by atoms with van der Waals surface area (Å²) in [4.78, 5) is 20.8. The first-order valence-electron chi connectivity index (χ1n) is 6.54. The first kappa shape index (κ1) is 17.4. The number of hydrogen-bond acceptors (Lipinski definition) is 5. The van der Waals surface area contributed by atoms with Gasteiger partial charge in [0.2, 0.25) is 0 Å². The van der Waals surface area contributed by atoms with E-state index < -0.39 is 11.7 Å². The fourth-order valence-electron chi connectivity index (χ4n) is 1.31. The van der Waals surface area contributed by atoms with Gasteiger partial charge in [-0.2, -0.15) is 0 Å². The predicted molar refractivity (Wildman–Crippen MR) is 84.3 cm³/mol. The molecule has 116 valence electrons. The van der Waals surface area contributed by atoms with Crippen LogP contribution in [0.1, 0.15) is 33.4 Å². The van der Waals surface area contributed by atoms with E-state index in [0.717, 1.165) is 10.3 Å². The highest BCUT2D eigenvalue weighted by molar-refractivity contribution is 9.10. The predicted octanol–water partition coefficient (Wildman–Crippen LogP) is 3.11. The summed E-state index contributed by atoms with van der Waals surface area (Å²) >= 11 is 3.29. The Bertz CT molecular complexity index is 512. The monoisotopic (exact) mass is 357 g/mol. The van der Waals surface area contributed by atoms with E-state index in [4.69, 9.17) is 9.57 Å². The average molecular weight is 358 g/mol. The summed E-state index contributed by atoms with van der Waals surface area (Å²) in [5.74, 6) is 0. The topological polar surface area (TPSA) is 72.8 Å². The quantitative estimate of drug-likeness (QED) is 0.380. The molecule has 0 spiro atoms. The molecular weight excluding hydrogens is 338 g/mol. The Kier molecular flexibility index (Phi) is 6.61. The minimum absolute atomic E-state index is 0.255. The summed E-state index contributed by atoms with van der Waals surface area (Å²) in [6.07, 6.45) is -0.472. The van der Waals surface area contributed by atoms with E-state index in [9.17, 15) is 4.79 Å². The molecule has 0 fully saturated rings. The lowest BCUT2D eigenvalue weighted by Gasteiger charge is -2.19. The van der Waals surface area contributed by atoms with Crippen LogP contribution in [0.15, 0.2) is 28.0 Å². The number of oxime groups is 1. The molecule has 0 saturated heterocycles. The fourth-order valence-corrected chi connectivity index (χ4v) is 1.66. The molecule has 0 bridgehead atoms. The molecule has 0 saturated carbocycles. The smallest absolute Gasteiger partial charge is 0.407 e. The maximum absolute atomic E-state index is 11.4. The number of ether oxygens (including phenoxy) is 1. The van der Waals surface area contributed by atoms with E-state index in [-0.39, 0.29) is 6.61 Å². The number of carbonyl (C=O) groups is 1. The molecule has 6 nitrogen and oxygen atoms in total. The van der Waals surface area contributed by atoms with Gasteiger partial charge >= 0.3 is 6.09 Å². The molecule has 0 aliphatic rings. The Balaban J connectivity index is 2.30. The third-order valence-corrected chi connectivity index (χ3v) is 2.59. The van der Waals surface area contributed by atoms with Crippen LogP contribution in [0.25, 0.3) is 0 Å². The van der Waals surface area contributed by atoms with Crippen LogP contribution in [0.4, 0.5) is 4.79 Å². The highest BCUT2D eigenvalue weighted by Gasteiger charge is 2.15. The Hall–Kier alpha value is -1.63. The van der Waals surface area contributed by atoms with Gasteiger partial charge in [-0.1, -0.05) is 11.2 Å². The molecule has 1 rings (SSSR count). The van der Waals surface area contributed by atoms with Gasteiger partial charge in [0, 0.05) is 0 Å². The van der Waals surface area contributed by atoms with Crippen LogP contribution < -0.4 is 5.32 Å². The van der Waals surface area contributed by atoms with Crippen molar-refractivity contribution in [2.24, 2.45) is 5.16 Å². The van der Waals surface area contributed by atoms with Crippen molar-refractivity contribution in [3.8, 4) is 0 Å². The molecule has 0 aliphatic heterocycles. The van der Waals surface area contributed by atoms with E-state index >= 15 is 0 Å². The number of halogens is 1. The van der Waals surface area contributed by atoms with Crippen molar-refractivity contribution in [2.45, 2.75) is 33.3 Å². The van der Waals surface area contributed by atoms with Crippen LogP contribution in [0.5, 0.6) is 0 Å². The van der Waals surface area contributed by atoms with Gasteiger partial charge in [0.1, 0.15) is 22.5 Å². The Morgan fingerprint density at radius 1 is 1.43 bits per heavy atom. The number of hydrogen-bond donors (Lipinski definition) is 1. The maximum atomic E-state index is 11.4. The summed E-state index contributed by atoms with van der Waals surface area (Å²) in [6.45, 7) is 7.80. The molecule has 1 amide bonds. The fraction of sp³-hybridized carbons (Fsp3) is 0.500. The standard InChI is InChI=1S/C14H20BrN3O3/c1-10(11-6-5-7-12(15)17-11)18-20-9-8-16-13(19)21-14(2,3)4/h5-7H,8-9H2,1-4H3,(H,16,19)/b18-10+. The molecule has 0 aliphatic carbocycles. The number of nitrogens with one attached hydrogen (secondary N) is 1. The van der Waals surface area contributed by atoms with E-state index in [1.807, 2.05) is 39.0 Å². The molecule has 1 aromatic heterocycles. The van der Waals surface area contributed by atoms with Crippen molar-refractivity contribution in [1.29, 1.82) is 0 Å². The van der Waals surface area contributed by atoms with Crippen molar-refractivity contribution >= 4 is 27.7 Å². The van der Waals surface area contributed by atoms with Crippen LogP contribution in [-0.2, 0) is 9.57 Å². The molecule has 7 heteroatoms. The maximum Gasteiger partial charge on any atom is 0.407 e. The second kappa shape index (κ2) is 7.97. The molecule has 0 radical (unpaired) electrons. The van der Waals surface area contributed by atoms with Crippen LogP contribution in [0.2, 0.25) is 0 Å². The average Bonchev–Trinajstić information content (AvgIpc) is 2.36. The number of rotatable bonds is 5. The molecule has 21 heavy (non-hydrogen) atoms. The number of carbonyl (C=O) groups excluding carboxylic acids is 1. The van der Waals surface area contributed by atoms with Crippen molar-refractivity contribution in [3.05, 3.63) is 28.5 Å². The Labute approximate surface area is 133 Å². The number of nitrogens with zero attached hydrogens (tertiary/aromatic N) is 2. The van der Waals surface area contributed by atoms with Gasteiger partial charge in [-0.3, -0.25) is 0 Å². The molecular formula is C14H20BrN3O3. The van der Waals surface area contributed by atoms with E-state index in [1.54, 1.807) is 6.92 Å². The van der Waals surface area contributed by atoms with Gasteiger partial charge < -0.3 is 14.9 Å². The summed E-state index contributed by atoms with van der Waals surface area (Å²) in [7, 11) is 0. The summed E-state index contributed by atoms with van der Waals surface area (Å²) in [5, 5.41) is 6.53. The van der Waals surface area contributed by atoms with Crippen LogP contribution in [0.3, 0.4) is 0 Å². The largest absolute Gasteiger partial charge is 0.444 e. The molecule has 1 aromatic rings. The van der Waals surface area contributed by atoms with Crippen LogP contribution >= 0.6 is 15.9 Å². The van der Waals surface area contributed by atoms with Gasteiger partial charge in [0.25, 0.3) is 0 Å². The lowest BCUT2D eigenvalue weighted by molar-refractivity contribution is 0.0502. The molecule has 0 unspecified atom stereocenters. The van der Waals surface area contributed by atoms with Crippen molar-refractivity contribution in [3.63, 3.8) is 0 Å². The minimum Gasteiger partial charge on any atom is -0.444 e. The number of amides is 1. The Morgan fingerprint density at radius 2 is 2.14 bits per heavy atom. The zero-order chi connectivity index (χ0) is 15.9. The van der Waals surface area contributed by atoms with Gasteiger partial charge in [0.15, 0.2) is 0 Å². The van der Waals surface area contributed by atoms with Crippen molar-refractivity contribution < 1.29 is 14.4 Å². The van der Waals surface area contributed by atoms with E-state index in [2.05, 4.69) is 31.4 Å². The number of pyridine rings is 1. The second-order valence-electron chi connectivity index (χ2n) is 5.28. The number of aromatic nitrogens is 1. The highest BCUT2D eigenvalue weighted by atomic mass is 79.9. The molecule has 1 N–H and O–H groups in total. The minimum atomic E-state index is -0.508. The normalized spacial score (nSPS) is 12.0. The summed E-state index contributed by atoms with van der Waals surface area (Å²) < 4.78 is 5.83. The third-order valence-electron chi connectivity index (χ3n) is 2.15. The van der Waals surface area contributed by atoms with Gasteiger partial charge in [-0.15, -0.1) is 0 Å². The highest BCUT2D eigenvalue weighted by Crippen LogP contribution is 2.07. The first-order valence-corrected chi connectivity index (χ1v) is 7.33. The lowest BCUT2D eigenvalue weighted by Crippen LogP contribution is -2.34. The van der Waals surface area contributed by atoms with E-state index in [0.29, 0.717) is 12.3 Å².